The van der Waals surface area contributed by atoms with Gasteiger partial charge in [0.2, 0.25) is 0 Å². The van der Waals surface area contributed by atoms with Crippen LogP contribution >= 0.6 is 0 Å². The van der Waals surface area contributed by atoms with E-state index in [1.807, 2.05) is 6.20 Å². The highest BCUT2D eigenvalue weighted by Gasteiger charge is 2.00. The third kappa shape index (κ3) is 4.47. The Kier molecular flexibility index (Phi) is 6.09. The van der Waals surface area contributed by atoms with Gasteiger partial charge in [-0.1, -0.05) is 33.1 Å². The molecule has 1 aromatic rings. The molecule has 1 aromatic heterocycles. The second kappa shape index (κ2) is 7.46. The maximum atomic E-state index is 4.34. The fraction of sp³-hybridized carbons (Fsp3) is 0.750. The van der Waals surface area contributed by atoms with Gasteiger partial charge in [-0.3, -0.25) is 4.68 Å². The molecule has 0 atom stereocenters. The van der Waals surface area contributed by atoms with Crippen molar-refractivity contribution in [2.75, 3.05) is 6.54 Å². The van der Waals surface area contributed by atoms with E-state index in [-0.39, 0.29) is 0 Å². The van der Waals surface area contributed by atoms with Gasteiger partial charge in [0.1, 0.15) is 0 Å². The number of aromatic nitrogens is 2. The summed E-state index contributed by atoms with van der Waals surface area (Å²) in [5.41, 5.74) is 1.30. The molecule has 0 saturated heterocycles. The Morgan fingerprint density at radius 3 is 2.87 bits per heavy atom. The van der Waals surface area contributed by atoms with Crippen molar-refractivity contribution in [1.82, 2.24) is 15.1 Å². The van der Waals surface area contributed by atoms with Crippen molar-refractivity contribution in [1.29, 1.82) is 0 Å². The zero-order chi connectivity index (χ0) is 10.9. The molecule has 1 rings (SSSR count). The van der Waals surface area contributed by atoms with Crippen LogP contribution in [0.3, 0.4) is 0 Å². The molecule has 86 valence electrons. The summed E-state index contributed by atoms with van der Waals surface area (Å²) in [4.78, 5) is 0. The van der Waals surface area contributed by atoms with Crippen molar-refractivity contribution >= 4 is 0 Å². The quantitative estimate of drug-likeness (QED) is 0.667. The fourth-order valence-corrected chi connectivity index (χ4v) is 1.65. The molecule has 3 nitrogen and oxygen atoms in total. The van der Waals surface area contributed by atoms with Crippen molar-refractivity contribution in [3.8, 4) is 0 Å². The van der Waals surface area contributed by atoms with Crippen molar-refractivity contribution in [3.05, 3.63) is 18.0 Å². The minimum absolute atomic E-state index is 0.935. The van der Waals surface area contributed by atoms with Gasteiger partial charge in [-0.2, -0.15) is 5.10 Å². The van der Waals surface area contributed by atoms with E-state index in [2.05, 4.69) is 35.0 Å². The molecule has 0 aliphatic rings. The van der Waals surface area contributed by atoms with Crippen molar-refractivity contribution in [2.24, 2.45) is 0 Å². The Labute approximate surface area is 92.9 Å². The second-order valence-corrected chi connectivity index (χ2v) is 3.89. The number of hydrogen-bond donors (Lipinski definition) is 1. The minimum Gasteiger partial charge on any atom is -0.311 e. The first kappa shape index (κ1) is 12.2. The number of unbranched alkanes of at least 4 members (excludes halogenated alkanes) is 3. The van der Waals surface area contributed by atoms with Crippen LogP contribution in [0.1, 0.15) is 45.2 Å². The van der Waals surface area contributed by atoms with Crippen LogP contribution in [0.15, 0.2) is 12.3 Å². The summed E-state index contributed by atoms with van der Waals surface area (Å²) >= 11 is 0. The Balaban J connectivity index is 2.29. The first-order valence-electron chi connectivity index (χ1n) is 6.09. The average molecular weight is 209 g/mol. The monoisotopic (exact) mass is 209 g/mol. The third-order valence-electron chi connectivity index (χ3n) is 2.58. The summed E-state index contributed by atoms with van der Waals surface area (Å²) in [6.45, 7) is 7.38. The molecule has 0 aliphatic heterocycles. The van der Waals surface area contributed by atoms with Crippen LogP contribution < -0.4 is 5.32 Å². The molecule has 0 unspecified atom stereocenters. The first-order valence-corrected chi connectivity index (χ1v) is 6.09. The molecule has 0 spiro atoms. The highest BCUT2D eigenvalue weighted by molar-refractivity contribution is 4.99. The molecular weight excluding hydrogens is 186 g/mol. The van der Waals surface area contributed by atoms with E-state index in [1.54, 1.807) is 0 Å². The van der Waals surface area contributed by atoms with E-state index in [1.165, 1.54) is 31.4 Å². The van der Waals surface area contributed by atoms with Crippen LogP contribution in [-0.2, 0) is 13.1 Å². The lowest BCUT2D eigenvalue weighted by Crippen LogP contribution is -2.16. The molecule has 0 fully saturated rings. The third-order valence-corrected chi connectivity index (χ3v) is 2.58. The van der Waals surface area contributed by atoms with Gasteiger partial charge < -0.3 is 5.32 Å². The van der Waals surface area contributed by atoms with Crippen molar-refractivity contribution in [2.45, 2.75) is 52.6 Å². The lowest BCUT2D eigenvalue weighted by molar-refractivity contribution is 0.514. The van der Waals surface area contributed by atoms with E-state index in [9.17, 15) is 0 Å². The van der Waals surface area contributed by atoms with Gasteiger partial charge in [0.05, 0.1) is 5.69 Å². The molecule has 3 heteroatoms. The molecule has 0 aromatic carbocycles. The largest absolute Gasteiger partial charge is 0.311 e. The number of nitrogens with one attached hydrogen (secondary N) is 1. The number of hydrogen-bond acceptors (Lipinski definition) is 2. The van der Waals surface area contributed by atoms with Crippen LogP contribution in [0.2, 0.25) is 0 Å². The van der Waals surface area contributed by atoms with Gasteiger partial charge in [-0.05, 0) is 19.0 Å². The Hall–Kier alpha value is -0.830. The average Bonchev–Trinajstić information content (AvgIpc) is 2.69. The Morgan fingerprint density at radius 2 is 2.13 bits per heavy atom. The maximum Gasteiger partial charge on any atom is 0.0522 e. The van der Waals surface area contributed by atoms with Gasteiger partial charge in [-0.25, -0.2) is 0 Å². The summed E-state index contributed by atoms with van der Waals surface area (Å²) in [5, 5.41) is 7.68. The SMILES string of the molecule is CCCCCCn1nccc1CNCC. The van der Waals surface area contributed by atoms with Gasteiger partial charge in [-0.15, -0.1) is 0 Å². The van der Waals surface area contributed by atoms with Crippen molar-refractivity contribution < 1.29 is 0 Å². The predicted molar refractivity (Wildman–Crippen MR) is 63.7 cm³/mol. The van der Waals surface area contributed by atoms with E-state index < -0.39 is 0 Å². The number of nitrogens with zero attached hydrogens (tertiary/aromatic N) is 2. The zero-order valence-corrected chi connectivity index (χ0v) is 10.00. The van der Waals surface area contributed by atoms with Gasteiger partial charge in [0.15, 0.2) is 0 Å². The number of rotatable bonds is 8. The van der Waals surface area contributed by atoms with E-state index in [4.69, 9.17) is 0 Å². The molecular formula is C12H23N3. The van der Waals surface area contributed by atoms with Crippen LogP contribution in [-0.4, -0.2) is 16.3 Å². The fourth-order valence-electron chi connectivity index (χ4n) is 1.65. The summed E-state index contributed by atoms with van der Waals surface area (Å²) < 4.78 is 2.12. The molecule has 0 aliphatic carbocycles. The van der Waals surface area contributed by atoms with E-state index in [0.29, 0.717) is 0 Å². The van der Waals surface area contributed by atoms with E-state index >= 15 is 0 Å². The van der Waals surface area contributed by atoms with Crippen LogP contribution in [0.4, 0.5) is 0 Å². The van der Waals surface area contributed by atoms with Gasteiger partial charge in [0.25, 0.3) is 0 Å². The normalized spacial score (nSPS) is 10.8. The van der Waals surface area contributed by atoms with Gasteiger partial charge >= 0.3 is 0 Å². The molecule has 0 radical (unpaired) electrons. The molecule has 1 heterocycles. The summed E-state index contributed by atoms with van der Waals surface area (Å²) in [6.07, 6.45) is 7.09. The van der Waals surface area contributed by atoms with Crippen LogP contribution in [0.5, 0.6) is 0 Å². The second-order valence-electron chi connectivity index (χ2n) is 3.89. The summed E-state index contributed by atoms with van der Waals surface area (Å²) in [5.74, 6) is 0. The Morgan fingerprint density at radius 1 is 1.27 bits per heavy atom. The smallest absolute Gasteiger partial charge is 0.0522 e. The highest BCUT2D eigenvalue weighted by Crippen LogP contribution is 2.04. The first-order chi connectivity index (χ1) is 7.38. The molecule has 1 N–H and O–H groups in total. The van der Waals surface area contributed by atoms with Crippen LogP contribution in [0, 0.1) is 0 Å². The van der Waals surface area contributed by atoms with Crippen molar-refractivity contribution in [3.63, 3.8) is 0 Å². The molecule has 15 heavy (non-hydrogen) atoms. The standard InChI is InChI=1S/C12H23N3/c1-3-5-6-7-10-15-12(8-9-14-15)11-13-4-2/h8-9,13H,3-7,10-11H2,1-2H3. The summed E-state index contributed by atoms with van der Waals surface area (Å²) in [6, 6.07) is 2.10. The van der Waals surface area contributed by atoms with E-state index in [0.717, 1.165) is 19.6 Å². The Bertz CT molecular complexity index is 255. The maximum absolute atomic E-state index is 4.34. The zero-order valence-electron chi connectivity index (χ0n) is 10.00. The molecule has 0 bridgehead atoms. The predicted octanol–water partition coefficient (Wildman–Crippen LogP) is 2.57. The van der Waals surface area contributed by atoms with Crippen LogP contribution in [0.25, 0.3) is 0 Å². The lowest BCUT2D eigenvalue weighted by Gasteiger charge is -2.07. The highest BCUT2D eigenvalue weighted by atomic mass is 15.3. The minimum atomic E-state index is 0.935. The summed E-state index contributed by atoms with van der Waals surface area (Å²) in [7, 11) is 0. The number of aryl methyl sites for hydroxylation is 1. The lowest BCUT2D eigenvalue weighted by atomic mass is 10.2. The molecule has 0 amide bonds. The van der Waals surface area contributed by atoms with Gasteiger partial charge in [0, 0.05) is 19.3 Å². The molecule has 0 saturated carbocycles. The topological polar surface area (TPSA) is 29.9 Å².